The minimum absolute atomic E-state index is 0.883. The maximum atomic E-state index is 4.40. The zero-order valence-electron chi connectivity index (χ0n) is 11.5. The Morgan fingerprint density at radius 2 is 1.94 bits per heavy atom. The summed E-state index contributed by atoms with van der Waals surface area (Å²) in [6, 6.07) is 4.23. The van der Waals surface area contributed by atoms with Crippen molar-refractivity contribution < 1.29 is 0 Å². The summed E-state index contributed by atoms with van der Waals surface area (Å²) in [5, 5.41) is 3.48. The summed E-state index contributed by atoms with van der Waals surface area (Å²) in [6.07, 6.45) is 7.51. The van der Waals surface area contributed by atoms with E-state index in [0.717, 1.165) is 18.8 Å². The maximum Gasteiger partial charge on any atom is 0.0541 e. The van der Waals surface area contributed by atoms with Gasteiger partial charge in [-0.15, -0.1) is 0 Å². The number of rotatable bonds is 5. The van der Waals surface area contributed by atoms with Crippen LogP contribution in [0.1, 0.15) is 36.9 Å². The molecule has 1 fully saturated rings. The van der Waals surface area contributed by atoms with Gasteiger partial charge in [-0.1, -0.05) is 18.9 Å². The quantitative estimate of drug-likeness (QED) is 0.810. The van der Waals surface area contributed by atoms with Gasteiger partial charge in [-0.3, -0.25) is 4.98 Å². The van der Waals surface area contributed by atoms with Crippen LogP contribution in [0, 0.1) is 6.92 Å². The van der Waals surface area contributed by atoms with Crippen molar-refractivity contribution in [2.75, 3.05) is 26.2 Å². The predicted molar refractivity (Wildman–Crippen MR) is 75.6 cm³/mol. The van der Waals surface area contributed by atoms with Gasteiger partial charge in [0.1, 0.15) is 0 Å². The van der Waals surface area contributed by atoms with E-state index < -0.39 is 0 Å². The Morgan fingerprint density at radius 1 is 1.17 bits per heavy atom. The number of aryl methyl sites for hydroxylation is 1. The first kappa shape index (κ1) is 13.5. The molecule has 1 N–H and O–H groups in total. The fourth-order valence-corrected chi connectivity index (χ4v) is 2.42. The molecule has 1 aromatic rings. The van der Waals surface area contributed by atoms with Gasteiger partial charge in [0.05, 0.1) is 5.69 Å². The molecule has 3 heteroatoms. The smallest absolute Gasteiger partial charge is 0.0541 e. The third kappa shape index (κ3) is 4.75. The van der Waals surface area contributed by atoms with Crippen LogP contribution in [0.2, 0.25) is 0 Å². The highest BCUT2D eigenvalue weighted by Crippen LogP contribution is 2.08. The molecule has 2 rings (SSSR count). The van der Waals surface area contributed by atoms with Crippen LogP contribution in [-0.2, 0) is 6.54 Å². The second-order valence-electron chi connectivity index (χ2n) is 5.26. The fourth-order valence-electron chi connectivity index (χ4n) is 2.42. The summed E-state index contributed by atoms with van der Waals surface area (Å²) in [6.45, 7) is 7.76. The molecule has 0 aromatic carbocycles. The zero-order chi connectivity index (χ0) is 12.6. The van der Waals surface area contributed by atoms with Crippen molar-refractivity contribution in [3.63, 3.8) is 0 Å². The largest absolute Gasteiger partial charge is 0.310 e. The van der Waals surface area contributed by atoms with Crippen LogP contribution in [-0.4, -0.2) is 36.1 Å². The van der Waals surface area contributed by atoms with E-state index >= 15 is 0 Å². The second-order valence-corrected chi connectivity index (χ2v) is 5.26. The molecule has 0 radical (unpaired) electrons. The van der Waals surface area contributed by atoms with Crippen molar-refractivity contribution in [1.82, 2.24) is 15.2 Å². The second kappa shape index (κ2) is 7.49. The van der Waals surface area contributed by atoms with Crippen LogP contribution >= 0.6 is 0 Å². The molecule has 2 heterocycles. The number of likely N-dealkylation sites (tertiary alicyclic amines) is 1. The Bertz CT molecular complexity index is 326. The molecule has 18 heavy (non-hydrogen) atoms. The highest BCUT2D eigenvalue weighted by atomic mass is 15.1. The van der Waals surface area contributed by atoms with Crippen LogP contribution < -0.4 is 5.32 Å². The summed E-state index contributed by atoms with van der Waals surface area (Å²) in [7, 11) is 0. The lowest BCUT2D eigenvalue weighted by Gasteiger charge is -2.19. The van der Waals surface area contributed by atoms with Crippen molar-refractivity contribution >= 4 is 0 Å². The number of hydrogen-bond acceptors (Lipinski definition) is 3. The molecule has 0 atom stereocenters. The van der Waals surface area contributed by atoms with E-state index in [2.05, 4.69) is 34.3 Å². The molecule has 1 saturated heterocycles. The molecule has 0 spiro atoms. The molecular weight excluding hydrogens is 222 g/mol. The van der Waals surface area contributed by atoms with Crippen molar-refractivity contribution in [3.05, 3.63) is 29.6 Å². The van der Waals surface area contributed by atoms with Crippen LogP contribution in [0.25, 0.3) is 0 Å². The SMILES string of the molecule is Cc1ccc(CNCCN2CCCCCC2)nc1. The van der Waals surface area contributed by atoms with Gasteiger partial charge >= 0.3 is 0 Å². The lowest BCUT2D eigenvalue weighted by atomic mass is 10.2. The van der Waals surface area contributed by atoms with Gasteiger partial charge in [-0.2, -0.15) is 0 Å². The van der Waals surface area contributed by atoms with E-state index in [9.17, 15) is 0 Å². The Labute approximate surface area is 111 Å². The predicted octanol–water partition coefficient (Wildman–Crippen LogP) is 2.36. The van der Waals surface area contributed by atoms with E-state index in [0.29, 0.717) is 0 Å². The van der Waals surface area contributed by atoms with E-state index in [-0.39, 0.29) is 0 Å². The number of nitrogens with one attached hydrogen (secondary N) is 1. The first-order valence-corrected chi connectivity index (χ1v) is 7.19. The Balaban J connectivity index is 1.61. The Hall–Kier alpha value is -0.930. The van der Waals surface area contributed by atoms with E-state index in [4.69, 9.17) is 0 Å². The van der Waals surface area contributed by atoms with Crippen molar-refractivity contribution in [1.29, 1.82) is 0 Å². The van der Waals surface area contributed by atoms with E-state index in [1.807, 2.05) is 6.20 Å². The molecular formula is C15H25N3. The molecule has 0 bridgehead atoms. The monoisotopic (exact) mass is 247 g/mol. The first-order chi connectivity index (χ1) is 8.84. The van der Waals surface area contributed by atoms with Crippen molar-refractivity contribution in [2.45, 2.75) is 39.2 Å². The lowest BCUT2D eigenvalue weighted by molar-refractivity contribution is 0.284. The Kier molecular flexibility index (Phi) is 5.62. The van der Waals surface area contributed by atoms with Gasteiger partial charge in [0.15, 0.2) is 0 Å². The number of aromatic nitrogens is 1. The van der Waals surface area contributed by atoms with Gasteiger partial charge in [0.2, 0.25) is 0 Å². The van der Waals surface area contributed by atoms with Crippen molar-refractivity contribution in [3.8, 4) is 0 Å². The summed E-state index contributed by atoms with van der Waals surface area (Å²) >= 11 is 0. The number of nitrogens with zero attached hydrogens (tertiary/aromatic N) is 2. The molecule has 100 valence electrons. The summed E-state index contributed by atoms with van der Waals surface area (Å²) in [4.78, 5) is 6.99. The van der Waals surface area contributed by atoms with Crippen LogP contribution in [0.4, 0.5) is 0 Å². The van der Waals surface area contributed by atoms with E-state index in [1.165, 1.54) is 50.9 Å². The number of pyridine rings is 1. The maximum absolute atomic E-state index is 4.40. The molecule has 1 aromatic heterocycles. The third-order valence-electron chi connectivity index (χ3n) is 3.58. The molecule has 1 aliphatic heterocycles. The molecule has 3 nitrogen and oxygen atoms in total. The average molecular weight is 247 g/mol. The summed E-state index contributed by atoms with van der Waals surface area (Å²) < 4.78 is 0. The van der Waals surface area contributed by atoms with Gasteiger partial charge < -0.3 is 10.2 Å². The normalized spacial score (nSPS) is 17.6. The highest BCUT2D eigenvalue weighted by molar-refractivity contribution is 5.11. The fraction of sp³-hybridized carbons (Fsp3) is 0.667. The van der Waals surface area contributed by atoms with Crippen LogP contribution in [0.5, 0.6) is 0 Å². The lowest BCUT2D eigenvalue weighted by Crippen LogP contribution is -2.32. The third-order valence-corrected chi connectivity index (χ3v) is 3.58. The molecule has 0 saturated carbocycles. The Morgan fingerprint density at radius 3 is 2.61 bits per heavy atom. The minimum atomic E-state index is 0.883. The zero-order valence-corrected chi connectivity index (χ0v) is 11.5. The summed E-state index contributed by atoms with van der Waals surface area (Å²) in [5.74, 6) is 0. The standard InChI is InChI=1S/C15H25N3/c1-14-6-7-15(17-12-14)13-16-8-11-18-9-4-2-3-5-10-18/h6-7,12,16H,2-5,8-11,13H2,1H3. The van der Waals surface area contributed by atoms with Crippen LogP contribution in [0.15, 0.2) is 18.3 Å². The first-order valence-electron chi connectivity index (χ1n) is 7.19. The topological polar surface area (TPSA) is 28.2 Å². The highest BCUT2D eigenvalue weighted by Gasteiger charge is 2.07. The molecule has 0 unspecified atom stereocenters. The molecule has 0 aliphatic carbocycles. The van der Waals surface area contributed by atoms with Gasteiger partial charge in [0, 0.05) is 25.8 Å². The van der Waals surface area contributed by atoms with Gasteiger partial charge in [-0.05, 0) is 44.5 Å². The number of hydrogen-bond donors (Lipinski definition) is 1. The average Bonchev–Trinajstić information content (AvgIpc) is 2.65. The molecule has 1 aliphatic rings. The van der Waals surface area contributed by atoms with Gasteiger partial charge in [-0.25, -0.2) is 0 Å². The van der Waals surface area contributed by atoms with Crippen LogP contribution in [0.3, 0.4) is 0 Å². The minimum Gasteiger partial charge on any atom is -0.310 e. The van der Waals surface area contributed by atoms with E-state index in [1.54, 1.807) is 0 Å². The summed E-state index contributed by atoms with van der Waals surface area (Å²) in [5.41, 5.74) is 2.36. The van der Waals surface area contributed by atoms with Gasteiger partial charge in [0.25, 0.3) is 0 Å². The van der Waals surface area contributed by atoms with Crippen molar-refractivity contribution in [2.24, 2.45) is 0 Å². The molecule has 0 amide bonds.